The summed E-state index contributed by atoms with van der Waals surface area (Å²) >= 11 is 0. The number of fused-ring (bicyclic) bond motifs is 1. The standard InChI is InChI=1S/C21H27NO5/c1-22-8-7-14-11-19(25-2)17(23)12-15(14)16(22)6-5-13-9-18(24)21(27-4)20(10-13)26-3/h9-12,16,23-24H,5-8H2,1-4H3/t16-/m0/s1/i3T,4T. The number of rotatable bonds is 6. The number of nitrogens with zero attached hydrogens (tertiary/aromatic N) is 1. The van der Waals surface area contributed by atoms with E-state index in [0.717, 1.165) is 30.5 Å². The van der Waals surface area contributed by atoms with Crippen molar-refractivity contribution in [3.05, 3.63) is 41.0 Å². The molecule has 0 radical (unpaired) electrons. The maximum Gasteiger partial charge on any atom is 0.203 e. The lowest BCUT2D eigenvalue weighted by Gasteiger charge is -2.35. The van der Waals surface area contributed by atoms with Gasteiger partial charge in [-0.25, -0.2) is 0 Å². The van der Waals surface area contributed by atoms with E-state index in [9.17, 15) is 10.2 Å². The fourth-order valence-electron chi connectivity index (χ4n) is 3.73. The number of aromatic hydroxyl groups is 2. The molecule has 0 fully saturated rings. The molecule has 1 aliphatic rings. The summed E-state index contributed by atoms with van der Waals surface area (Å²) in [6, 6.07) is 7.16. The number of phenolic OH excluding ortho intramolecular Hbond substituents is 2. The van der Waals surface area contributed by atoms with E-state index in [-0.39, 0.29) is 43.2 Å². The number of ether oxygens (including phenoxy) is 3. The first-order valence-corrected chi connectivity index (χ1v) is 8.78. The van der Waals surface area contributed by atoms with Gasteiger partial charge in [0.15, 0.2) is 23.0 Å². The molecule has 0 spiro atoms. The van der Waals surface area contributed by atoms with Crippen molar-refractivity contribution in [2.45, 2.75) is 25.3 Å². The van der Waals surface area contributed by atoms with Crippen LogP contribution < -0.4 is 14.2 Å². The van der Waals surface area contributed by atoms with Crippen LogP contribution >= 0.6 is 0 Å². The van der Waals surface area contributed by atoms with Crippen molar-refractivity contribution in [2.75, 3.05) is 34.9 Å². The summed E-state index contributed by atoms with van der Waals surface area (Å²) in [4.78, 5) is 2.26. The number of phenols is 2. The van der Waals surface area contributed by atoms with Gasteiger partial charge in [-0.3, -0.25) is 4.90 Å². The van der Waals surface area contributed by atoms with Gasteiger partial charge >= 0.3 is 0 Å². The number of hydrogen-bond donors (Lipinski definition) is 2. The Labute approximate surface area is 162 Å². The Kier molecular flexibility index (Phi) is 4.89. The van der Waals surface area contributed by atoms with Crippen molar-refractivity contribution >= 4 is 0 Å². The van der Waals surface area contributed by atoms with Gasteiger partial charge in [-0.15, -0.1) is 0 Å². The van der Waals surface area contributed by atoms with Crippen LogP contribution in [0.5, 0.6) is 28.7 Å². The first-order valence-electron chi connectivity index (χ1n) is 10.2. The fraction of sp³-hybridized carbons (Fsp3) is 0.429. The minimum absolute atomic E-state index is 0.0909. The van der Waals surface area contributed by atoms with Gasteiger partial charge < -0.3 is 24.4 Å². The lowest BCUT2D eigenvalue weighted by Crippen LogP contribution is -2.32. The molecule has 0 aliphatic carbocycles. The van der Waals surface area contributed by atoms with Crippen molar-refractivity contribution in [1.29, 1.82) is 0 Å². The van der Waals surface area contributed by atoms with Crippen LogP contribution in [-0.4, -0.2) is 50.0 Å². The third-order valence-corrected chi connectivity index (χ3v) is 5.17. The highest BCUT2D eigenvalue weighted by Crippen LogP contribution is 2.41. The molecule has 2 aromatic carbocycles. The Bertz CT molecular complexity index is 861. The van der Waals surface area contributed by atoms with E-state index in [1.165, 1.54) is 5.56 Å². The smallest absolute Gasteiger partial charge is 0.203 e. The van der Waals surface area contributed by atoms with Crippen LogP contribution in [0.15, 0.2) is 24.3 Å². The van der Waals surface area contributed by atoms with Crippen LogP contribution in [0, 0.1) is 0 Å². The Balaban J connectivity index is 1.84. The summed E-state index contributed by atoms with van der Waals surface area (Å²) in [5.41, 5.74) is 3.10. The fourth-order valence-corrected chi connectivity index (χ4v) is 3.73. The Morgan fingerprint density at radius 2 is 1.89 bits per heavy atom. The van der Waals surface area contributed by atoms with Crippen LogP contribution in [0.1, 0.15) is 31.9 Å². The van der Waals surface area contributed by atoms with E-state index in [2.05, 4.69) is 11.9 Å². The van der Waals surface area contributed by atoms with Gasteiger partial charge in [-0.1, -0.05) is 0 Å². The minimum Gasteiger partial charge on any atom is -0.504 e. The molecule has 6 heteroatoms. The molecular formula is C21H27NO5. The quantitative estimate of drug-likeness (QED) is 0.805. The predicted octanol–water partition coefficient (Wildman–Crippen LogP) is 3.29. The largest absolute Gasteiger partial charge is 0.504 e. The summed E-state index contributed by atoms with van der Waals surface area (Å²) in [7, 11) is 2.95. The third-order valence-electron chi connectivity index (χ3n) is 5.17. The molecule has 6 nitrogen and oxygen atoms in total. The van der Waals surface area contributed by atoms with Gasteiger partial charge in [0.1, 0.15) is 0 Å². The van der Waals surface area contributed by atoms with Crippen LogP contribution in [0.2, 0.25) is 0 Å². The molecule has 1 heterocycles. The molecular weight excluding hydrogens is 346 g/mol. The number of hydrogen-bond acceptors (Lipinski definition) is 6. The van der Waals surface area contributed by atoms with E-state index in [4.69, 9.17) is 17.0 Å². The van der Waals surface area contributed by atoms with Crippen molar-refractivity contribution in [3.8, 4) is 28.7 Å². The molecule has 3 rings (SSSR count). The monoisotopic (exact) mass is 377 g/mol. The molecule has 1 atom stereocenters. The molecule has 0 saturated heterocycles. The molecule has 0 saturated carbocycles. The zero-order chi connectivity index (χ0) is 21.0. The summed E-state index contributed by atoms with van der Waals surface area (Å²) in [6.07, 6.45) is 2.32. The molecule has 1 aliphatic heterocycles. The highest BCUT2D eigenvalue weighted by Gasteiger charge is 2.26. The van der Waals surface area contributed by atoms with Crippen molar-refractivity contribution in [1.82, 2.24) is 4.90 Å². The van der Waals surface area contributed by atoms with Gasteiger partial charge in [-0.05, 0) is 67.3 Å². The lowest BCUT2D eigenvalue weighted by atomic mass is 9.88. The van der Waals surface area contributed by atoms with Crippen molar-refractivity contribution < 1.29 is 27.2 Å². The zero-order valence-corrected chi connectivity index (χ0v) is 15.7. The lowest BCUT2D eigenvalue weighted by molar-refractivity contribution is 0.218. The van der Waals surface area contributed by atoms with E-state index < -0.39 is 0 Å². The maximum atomic E-state index is 10.3. The summed E-state index contributed by atoms with van der Waals surface area (Å²) in [5.74, 6) is 0.875. The molecule has 0 aromatic heterocycles. The maximum absolute atomic E-state index is 10.3. The van der Waals surface area contributed by atoms with Crippen molar-refractivity contribution in [3.63, 3.8) is 0 Å². The second-order valence-electron chi connectivity index (χ2n) is 6.74. The number of aryl methyl sites for hydroxylation is 1. The highest BCUT2D eigenvalue weighted by molar-refractivity contribution is 5.53. The predicted molar refractivity (Wildman–Crippen MR) is 103 cm³/mol. The minimum atomic E-state index is -0.349. The normalized spacial score (nSPS) is 17.6. The van der Waals surface area contributed by atoms with Crippen LogP contribution in [0.3, 0.4) is 0 Å². The van der Waals surface area contributed by atoms with Gasteiger partial charge in [0, 0.05) is 12.6 Å². The van der Waals surface area contributed by atoms with E-state index in [1.54, 1.807) is 25.3 Å². The topological polar surface area (TPSA) is 71.4 Å². The number of benzene rings is 2. The van der Waals surface area contributed by atoms with Crippen molar-refractivity contribution in [2.24, 2.45) is 0 Å². The number of likely N-dealkylation sites (N-methyl/N-ethyl adjacent to an activating group) is 1. The highest BCUT2D eigenvalue weighted by atomic mass is 16.5. The third kappa shape index (κ3) is 3.76. The second-order valence-corrected chi connectivity index (χ2v) is 6.74. The Hall–Kier alpha value is -2.60. The summed E-state index contributed by atoms with van der Waals surface area (Å²) < 4.78 is 30.1. The molecule has 2 aromatic rings. The molecule has 0 unspecified atom stereocenters. The Morgan fingerprint density at radius 3 is 2.63 bits per heavy atom. The zero-order valence-electron chi connectivity index (χ0n) is 17.7. The molecule has 0 amide bonds. The SMILES string of the molecule is [3H]COc1cc(CC[C@H]2c3cc(O)c(OC)cc3CCN2C)cc(O)c1OC[3H]. The van der Waals surface area contributed by atoms with E-state index >= 15 is 0 Å². The molecule has 146 valence electrons. The summed E-state index contributed by atoms with van der Waals surface area (Å²) in [6.45, 7) is 0.903. The molecule has 2 N–H and O–H groups in total. The average molecular weight is 377 g/mol. The molecule has 0 bridgehead atoms. The van der Waals surface area contributed by atoms with Gasteiger partial charge in [0.2, 0.25) is 5.75 Å². The van der Waals surface area contributed by atoms with Crippen LogP contribution in [-0.2, 0) is 12.8 Å². The second kappa shape index (κ2) is 7.96. The average Bonchev–Trinajstić information content (AvgIpc) is 2.69. The van der Waals surface area contributed by atoms with E-state index in [0.29, 0.717) is 12.2 Å². The summed E-state index contributed by atoms with van der Waals surface area (Å²) in [5, 5.41) is 20.5. The van der Waals surface area contributed by atoms with Crippen LogP contribution in [0.4, 0.5) is 0 Å². The molecule has 27 heavy (non-hydrogen) atoms. The number of methoxy groups -OCH3 is 3. The first kappa shape index (κ1) is 16.6. The van der Waals surface area contributed by atoms with Gasteiger partial charge in [0.25, 0.3) is 0 Å². The van der Waals surface area contributed by atoms with E-state index in [1.807, 2.05) is 6.07 Å². The van der Waals surface area contributed by atoms with Crippen LogP contribution in [0.25, 0.3) is 0 Å². The van der Waals surface area contributed by atoms with Gasteiger partial charge in [-0.2, -0.15) is 0 Å². The Morgan fingerprint density at radius 1 is 1.07 bits per heavy atom. The van der Waals surface area contributed by atoms with Gasteiger partial charge in [0.05, 0.1) is 24.0 Å². The first-order chi connectivity index (χ1) is 14.0.